The molecule has 0 radical (unpaired) electrons. The molecular formula is C25H29N3O2. The molecule has 3 aromatic rings. The Morgan fingerprint density at radius 3 is 2.67 bits per heavy atom. The van der Waals surface area contributed by atoms with Crippen molar-refractivity contribution in [3.63, 3.8) is 0 Å². The van der Waals surface area contributed by atoms with E-state index in [0.29, 0.717) is 18.2 Å². The van der Waals surface area contributed by atoms with Gasteiger partial charge >= 0.3 is 0 Å². The van der Waals surface area contributed by atoms with Gasteiger partial charge in [-0.25, -0.2) is 0 Å². The van der Waals surface area contributed by atoms with Gasteiger partial charge in [0.05, 0.1) is 18.7 Å². The Morgan fingerprint density at radius 1 is 1.23 bits per heavy atom. The first kappa shape index (κ1) is 20.2. The second-order valence-corrected chi connectivity index (χ2v) is 8.31. The maximum absolute atomic E-state index is 13.7. The number of aromatic hydroxyl groups is 1. The van der Waals surface area contributed by atoms with Crippen LogP contribution in [0.15, 0.2) is 54.9 Å². The molecule has 1 unspecified atom stereocenters. The number of rotatable bonds is 6. The summed E-state index contributed by atoms with van der Waals surface area (Å²) in [5, 5.41) is 14.6. The number of benzene rings is 2. The standard InChI is InChI=1S/C25H29N3O2/c1-4-27-15-18(14-26-27)16-28(20-10-8-19(9-11-20)17(2)3)25(30)23-13-12-22-21(23)6-5-7-24(22)29/h5-11,14-15,17,23,29H,4,12-13,16H2,1-3H3. The summed E-state index contributed by atoms with van der Waals surface area (Å²) < 4.78 is 1.88. The number of phenolic OH excluding ortho intramolecular Hbond substituents is 1. The molecule has 1 N–H and O–H groups in total. The van der Waals surface area contributed by atoms with Crippen LogP contribution < -0.4 is 4.90 Å². The van der Waals surface area contributed by atoms with Crippen LogP contribution in [0.3, 0.4) is 0 Å². The van der Waals surface area contributed by atoms with Gasteiger partial charge in [-0.2, -0.15) is 5.10 Å². The van der Waals surface area contributed by atoms with Crippen molar-refractivity contribution in [1.82, 2.24) is 9.78 Å². The first-order chi connectivity index (χ1) is 14.5. The fourth-order valence-corrected chi connectivity index (χ4v) is 4.26. The lowest BCUT2D eigenvalue weighted by Crippen LogP contribution is -2.34. The lowest BCUT2D eigenvalue weighted by atomic mass is 9.98. The molecule has 30 heavy (non-hydrogen) atoms. The maximum Gasteiger partial charge on any atom is 0.234 e. The average Bonchev–Trinajstić information content (AvgIpc) is 3.39. The Bertz CT molecular complexity index is 1040. The van der Waals surface area contributed by atoms with Gasteiger partial charge in [-0.05, 0) is 60.6 Å². The first-order valence-electron chi connectivity index (χ1n) is 10.7. The second kappa shape index (κ2) is 8.34. The summed E-state index contributed by atoms with van der Waals surface area (Å²) in [5.41, 5.74) is 5.01. The van der Waals surface area contributed by atoms with Crippen LogP contribution in [-0.2, 0) is 24.3 Å². The minimum absolute atomic E-state index is 0.0703. The van der Waals surface area contributed by atoms with Crippen LogP contribution in [0.4, 0.5) is 5.69 Å². The van der Waals surface area contributed by atoms with Crippen molar-refractivity contribution in [1.29, 1.82) is 0 Å². The van der Waals surface area contributed by atoms with E-state index in [2.05, 4.69) is 31.1 Å². The largest absolute Gasteiger partial charge is 0.508 e. The van der Waals surface area contributed by atoms with Crippen LogP contribution in [0.5, 0.6) is 5.75 Å². The minimum Gasteiger partial charge on any atom is -0.508 e. The summed E-state index contributed by atoms with van der Waals surface area (Å²) in [4.78, 5) is 15.6. The molecule has 0 bridgehead atoms. The molecule has 1 aliphatic rings. The third-order valence-corrected chi connectivity index (χ3v) is 6.03. The van der Waals surface area contributed by atoms with Gasteiger partial charge in [0.1, 0.15) is 5.75 Å². The summed E-state index contributed by atoms with van der Waals surface area (Å²) in [6.45, 7) is 7.65. The number of hydrogen-bond acceptors (Lipinski definition) is 3. The number of fused-ring (bicyclic) bond motifs is 1. The molecule has 1 heterocycles. The van der Waals surface area contributed by atoms with Crippen molar-refractivity contribution in [2.45, 2.75) is 58.5 Å². The van der Waals surface area contributed by atoms with E-state index < -0.39 is 0 Å². The molecule has 5 heteroatoms. The molecule has 1 amide bonds. The molecular weight excluding hydrogens is 374 g/mol. The molecule has 0 saturated carbocycles. The van der Waals surface area contributed by atoms with Crippen molar-refractivity contribution in [2.75, 3.05) is 4.90 Å². The van der Waals surface area contributed by atoms with Crippen molar-refractivity contribution < 1.29 is 9.90 Å². The molecule has 1 aromatic heterocycles. The van der Waals surface area contributed by atoms with Gasteiger partial charge < -0.3 is 10.0 Å². The summed E-state index contributed by atoms with van der Waals surface area (Å²) in [7, 11) is 0. The lowest BCUT2D eigenvalue weighted by molar-refractivity contribution is -0.120. The van der Waals surface area contributed by atoms with E-state index in [-0.39, 0.29) is 11.8 Å². The van der Waals surface area contributed by atoms with E-state index in [1.165, 1.54) is 5.56 Å². The third-order valence-electron chi connectivity index (χ3n) is 6.03. The van der Waals surface area contributed by atoms with Crippen molar-refractivity contribution in [3.05, 3.63) is 77.1 Å². The summed E-state index contributed by atoms with van der Waals surface area (Å²) in [6, 6.07) is 13.8. The molecule has 156 valence electrons. The topological polar surface area (TPSA) is 58.4 Å². The quantitative estimate of drug-likeness (QED) is 0.630. The zero-order valence-electron chi connectivity index (χ0n) is 17.9. The van der Waals surface area contributed by atoms with Crippen LogP contribution in [-0.4, -0.2) is 20.8 Å². The molecule has 1 atom stereocenters. The number of hydrogen-bond donors (Lipinski definition) is 1. The second-order valence-electron chi connectivity index (χ2n) is 8.31. The van der Waals surface area contributed by atoms with Crippen LogP contribution in [0.25, 0.3) is 0 Å². The fourth-order valence-electron chi connectivity index (χ4n) is 4.26. The van der Waals surface area contributed by atoms with Gasteiger partial charge in [-0.15, -0.1) is 0 Å². The van der Waals surface area contributed by atoms with Crippen molar-refractivity contribution in [3.8, 4) is 5.75 Å². The van der Waals surface area contributed by atoms with Gasteiger partial charge in [0.15, 0.2) is 0 Å². The molecule has 0 fully saturated rings. The Morgan fingerprint density at radius 2 is 2.00 bits per heavy atom. The normalized spacial score (nSPS) is 15.4. The van der Waals surface area contributed by atoms with Gasteiger partial charge in [0.25, 0.3) is 0 Å². The Kier molecular flexibility index (Phi) is 5.62. The van der Waals surface area contributed by atoms with E-state index >= 15 is 0 Å². The SMILES string of the molecule is CCn1cc(CN(C(=O)C2CCc3c(O)cccc32)c2ccc(C(C)C)cc2)cn1. The summed E-state index contributed by atoms with van der Waals surface area (Å²) in [6.07, 6.45) is 5.28. The van der Waals surface area contributed by atoms with Crippen LogP contribution in [0.1, 0.15) is 61.3 Å². The highest BCUT2D eigenvalue weighted by Gasteiger charge is 2.34. The first-order valence-corrected chi connectivity index (χ1v) is 10.7. The Hall–Kier alpha value is -3.08. The predicted molar refractivity (Wildman–Crippen MR) is 119 cm³/mol. The maximum atomic E-state index is 13.7. The van der Waals surface area contributed by atoms with Crippen LogP contribution >= 0.6 is 0 Å². The highest BCUT2D eigenvalue weighted by atomic mass is 16.3. The lowest BCUT2D eigenvalue weighted by Gasteiger charge is -2.26. The van der Waals surface area contributed by atoms with E-state index in [4.69, 9.17) is 0 Å². The molecule has 4 rings (SSSR count). The van der Waals surface area contributed by atoms with Gasteiger partial charge in [0, 0.05) is 24.0 Å². The van der Waals surface area contributed by atoms with E-state index in [0.717, 1.165) is 41.8 Å². The number of aryl methyl sites for hydroxylation is 1. The number of phenols is 1. The molecule has 2 aromatic carbocycles. The highest BCUT2D eigenvalue weighted by molar-refractivity contribution is 5.98. The molecule has 1 aliphatic carbocycles. The molecule has 0 spiro atoms. The predicted octanol–water partition coefficient (Wildman–Crippen LogP) is 5.00. The minimum atomic E-state index is -0.238. The van der Waals surface area contributed by atoms with E-state index in [1.807, 2.05) is 53.2 Å². The molecule has 0 aliphatic heterocycles. The molecule has 5 nitrogen and oxygen atoms in total. The van der Waals surface area contributed by atoms with E-state index in [1.54, 1.807) is 6.07 Å². The Labute approximate surface area is 178 Å². The molecule has 0 saturated heterocycles. The average molecular weight is 404 g/mol. The Balaban J connectivity index is 1.68. The number of amides is 1. The van der Waals surface area contributed by atoms with Crippen LogP contribution in [0.2, 0.25) is 0 Å². The smallest absolute Gasteiger partial charge is 0.234 e. The van der Waals surface area contributed by atoms with Crippen molar-refractivity contribution in [2.24, 2.45) is 0 Å². The monoisotopic (exact) mass is 403 g/mol. The summed E-state index contributed by atoms with van der Waals surface area (Å²) in [5.74, 6) is 0.564. The third kappa shape index (κ3) is 3.84. The van der Waals surface area contributed by atoms with Gasteiger partial charge in [-0.1, -0.05) is 38.1 Å². The zero-order valence-corrected chi connectivity index (χ0v) is 17.9. The van der Waals surface area contributed by atoms with Gasteiger partial charge in [-0.3, -0.25) is 9.48 Å². The number of carbonyl (C=O) groups is 1. The van der Waals surface area contributed by atoms with Gasteiger partial charge in [0.2, 0.25) is 5.91 Å². The summed E-state index contributed by atoms with van der Waals surface area (Å²) >= 11 is 0. The highest BCUT2D eigenvalue weighted by Crippen LogP contribution is 2.39. The number of nitrogens with zero attached hydrogens (tertiary/aromatic N) is 3. The number of aromatic nitrogens is 2. The number of carbonyl (C=O) groups excluding carboxylic acids is 1. The zero-order chi connectivity index (χ0) is 21.3. The van der Waals surface area contributed by atoms with Crippen LogP contribution in [0, 0.1) is 0 Å². The van der Waals surface area contributed by atoms with E-state index in [9.17, 15) is 9.90 Å². The fraction of sp³-hybridized carbons (Fsp3) is 0.360. The van der Waals surface area contributed by atoms with Crippen molar-refractivity contribution >= 4 is 11.6 Å². The number of anilines is 1.